The predicted molar refractivity (Wildman–Crippen MR) is 78.8 cm³/mol. The van der Waals surface area contributed by atoms with Crippen LogP contribution >= 0.6 is 0 Å². The first-order valence-corrected chi connectivity index (χ1v) is 7.67. The molecule has 3 nitrogen and oxygen atoms in total. The average Bonchev–Trinajstić information content (AvgIpc) is 2.45. The van der Waals surface area contributed by atoms with Gasteiger partial charge in [0.1, 0.15) is 5.82 Å². The van der Waals surface area contributed by atoms with Crippen LogP contribution in [0.25, 0.3) is 0 Å². The lowest BCUT2D eigenvalue weighted by Crippen LogP contribution is -2.31. The van der Waals surface area contributed by atoms with Gasteiger partial charge in [0.15, 0.2) is 0 Å². The van der Waals surface area contributed by atoms with Crippen LogP contribution < -0.4 is 5.32 Å². The molecule has 0 heterocycles. The summed E-state index contributed by atoms with van der Waals surface area (Å²) in [5.41, 5.74) is 0.718. The molecule has 1 saturated carbocycles. The number of nitrogens with one attached hydrogen (secondary N) is 1. The van der Waals surface area contributed by atoms with Gasteiger partial charge < -0.3 is 5.32 Å². The van der Waals surface area contributed by atoms with Gasteiger partial charge in [0, 0.05) is 18.0 Å². The molecule has 0 aliphatic heterocycles. The highest BCUT2D eigenvalue weighted by Crippen LogP contribution is 2.22. The normalized spacial score (nSPS) is 16.6. The Morgan fingerprint density at radius 2 is 1.90 bits per heavy atom. The number of hydrogen-bond donors (Lipinski definition) is 1. The number of amides is 1. The Kier molecular flexibility index (Phi) is 5.74. The van der Waals surface area contributed by atoms with Crippen LogP contribution in [0.2, 0.25) is 0 Å². The average molecular weight is 288 g/mol. The fourth-order valence-electron chi connectivity index (χ4n) is 2.81. The number of benzene rings is 1. The molecule has 0 atom stereocenters. The standard InChI is InChI=1S/C17H21FN2O/c18-16-10-13(11-19)8-9-15(16)12-20-17(21)14-6-4-2-1-3-5-7-14/h8-10,14H,1-7,12H2,(H,20,21). The maximum Gasteiger partial charge on any atom is 0.223 e. The van der Waals surface area contributed by atoms with Gasteiger partial charge in [0.05, 0.1) is 11.6 Å². The number of halogens is 1. The van der Waals surface area contributed by atoms with Crippen molar-refractivity contribution in [3.8, 4) is 6.07 Å². The van der Waals surface area contributed by atoms with Gasteiger partial charge in [0.2, 0.25) is 5.91 Å². The maximum absolute atomic E-state index is 13.7. The summed E-state index contributed by atoms with van der Waals surface area (Å²) in [5, 5.41) is 11.5. The van der Waals surface area contributed by atoms with Crippen LogP contribution in [0, 0.1) is 23.1 Å². The van der Waals surface area contributed by atoms with E-state index in [-0.39, 0.29) is 18.4 Å². The zero-order chi connectivity index (χ0) is 15.1. The third-order valence-electron chi connectivity index (χ3n) is 4.11. The van der Waals surface area contributed by atoms with Gasteiger partial charge in [-0.05, 0) is 25.0 Å². The van der Waals surface area contributed by atoms with E-state index in [0.717, 1.165) is 25.7 Å². The fraction of sp³-hybridized carbons (Fsp3) is 0.529. The molecule has 1 aliphatic carbocycles. The molecule has 1 amide bonds. The molecule has 0 unspecified atom stereocenters. The van der Waals surface area contributed by atoms with Crippen molar-refractivity contribution in [2.24, 2.45) is 5.92 Å². The molecule has 4 heteroatoms. The number of nitrogens with zero attached hydrogens (tertiary/aromatic N) is 1. The third-order valence-corrected chi connectivity index (χ3v) is 4.11. The Bertz CT molecular complexity index is 528. The molecule has 1 fully saturated rings. The number of carbonyl (C=O) groups excluding carboxylic acids is 1. The minimum atomic E-state index is -0.438. The van der Waals surface area contributed by atoms with Crippen LogP contribution in [0.15, 0.2) is 18.2 Å². The van der Waals surface area contributed by atoms with Crippen molar-refractivity contribution in [1.29, 1.82) is 5.26 Å². The second kappa shape index (κ2) is 7.78. The quantitative estimate of drug-likeness (QED) is 0.922. The summed E-state index contributed by atoms with van der Waals surface area (Å²) in [6.07, 6.45) is 7.74. The van der Waals surface area contributed by atoms with Crippen LogP contribution in [0.4, 0.5) is 4.39 Å². The van der Waals surface area contributed by atoms with E-state index >= 15 is 0 Å². The Morgan fingerprint density at radius 1 is 1.24 bits per heavy atom. The smallest absolute Gasteiger partial charge is 0.223 e. The van der Waals surface area contributed by atoms with E-state index in [1.165, 1.54) is 25.3 Å². The lowest BCUT2D eigenvalue weighted by atomic mass is 9.90. The van der Waals surface area contributed by atoms with Crippen molar-refractivity contribution >= 4 is 5.91 Å². The number of rotatable bonds is 3. The van der Waals surface area contributed by atoms with Gasteiger partial charge in [-0.15, -0.1) is 0 Å². The molecule has 1 aliphatic rings. The lowest BCUT2D eigenvalue weighted by Gasteiger charge is -2.19. The van der Waals surface area contributed by atoms with E-state index in [1.54, 1.807) is 12.1 Å². The molecule has 2 rings (SSSR count). The maximum atomic E-state index is 13.7. The Balaban J connectivity index is 1.89. The van der Waals surface area contributed by atoms with Crippen molar-refractivity contribution in [3.63, 3.8) is 0 Å². The molecule has 0 aromatic heterocycles. The van der Waals surface area contributed by atoms with Gasteiger partial charge in [0.25, 0.3) is 0 Å². The Labute approximate surface area is 125 Å². The number of nitriles is 1. The summed E-state index contributed by atoms with van der Waals surface area (Å²) in [5.74, 6) is -0.348. The molecule has 0 saturated heterocycles. The van der Waals surface area contributed by atoms with Crippen LogP contribution in [-0.4, -0.2) is 5.91 Å². The molecule has 0 spiro atoms. The van der Waals surface area contributed by atoms with Crippen molar-refractivity contribution in [2.75, 3.05) is 0 Å². The van der Waals surface area contributed by atoms with E-state index < -0.39 is 5.82 Å². The largest absolute Gasteiger partial charge is 0.352 e. The topological polar surface area (TPSA) is 52.9 Å². The first kappa shape index (κ1) is 15.5. The lowest BCUT2D eigenvalue weighted by molar-refractivity contribution is -0.125. The summed E-state index contributed by atoms with van der Waals surface area (Å²) in [6, 6.07) is 6.23. The Hall–Kier alpha value is -1.89. The van der Waals surface area contributed by atoms with E-state index in [2.05, 4.69) is 5.32 Å². The molecular formula is C17H21FN2O. The van der Waals surface area contributed by atoms with E-state index in [1.807, 2.05) is 6.07 Å². The number of carbonyl (C=O) groups is 1. The highest BCUT2D eigenvalue weighted by Gasteiger charge is 2.19. The summed E-state index contributed by atoms with van der Waals surface area (Å²) < 4.78 is 13.7. The molecule has 1 aromatic rings. The van der Waals surface area contributed by atoms with Gasteiger partial charge in [-0.3, -0.25) is 4.79 Å². The van der Waals surface area contributed by atoms with Gasteiger partial charge in [-0.2, -0.15) is 5.26 Å². The molecule has 0 bridgehead atoms. The Morgan fingerprint density at radius 3 is 2.52 bits per heavy atom. The highest BCUT2D eigenvalue weighted by atomic mass is 19.1. The third kappa shape index (κ3) is 4.56. The second-order valence-corrected chi connectivity index (χ2v) is 5.68. The summed E-state index contributed by atoms with van der Waals surface area (Å²) >= 11 is 0. The van der Waals surface area contributed by atoms with E-state index in [4.69, 9.17) is 5.26 Å². The predicted octanol–water partition coefficient (Wildman–Crippen LogP) is 3.67. The second-order valence-electron chi connectivity index (χ2n) is 5.68. The first-order chi connectivity index (χ1) is 10.2. The van der Waals surface area contributed by atoms with Crippen LogP contribution in [0.5, 0.6) is 0 Å². The summed E-state index contributed by atoms with van der Waals surface area (Å²) in [7, 11) is 0. The van der Waals surface area contributed by atoms with E-state index in [0.29, 0.717) is 11.1 Å². The fourth-order valence-corrected chi connectivity index (χ4v) is 2.81. The summed E-state index contributed by atoms with van der Waals surface area (Å²) in [6.45, 7) is 0.187. The molecule has 112 valence electrons. The number of hydrogen-bond acceptors (Lipinski definition) is 2. The van der Waals surface area contributed by atoms with Crippen LogP contribution in [0.3, 0.4) is 0 Å². The highest BCUT2D eigenvalue weighted by molar-refractivity contribution is 5.78. The van der Waals surface area contributed by atoms with Crippen molar-refractivity contribution < 1.29 is 9.18 Å². The monoisotopic (exact) mass is 288 g/mol. The van der Waals surface area contributed by atoms with Gasteiger partial charge in [-0.25, -0.2) is 4.39 Å². The molecule has 21 heavy (non-hydrogen) atoms. The van der Waals surface area contributed by atoms with Crippen molar-refractivity contribution in [1.82, 2.24) is 5.32 Å². The van der Waals surface area contributed by atoms with E-state index in [9.17, 15) is 9.18 Å². The molecule has 1 aromatic carbocycles. The zero-order valence-electron chi connectivity index (χ0n) is 12.2. The molecule has 1 N–H and O–H groups in total. The minimum Gasteiger partial charge on any atom is -0.352 e. The first-order valence-electron chi connectivity index (χ1n) is 7.67. The zero-order valence-corrected chi connectivity index (χ0v) is 12.2. The van der Waals surface area contributed by atoms with Gasteiger partial charge >= 0.3 is 0 Å². The molecule has 0 radical (unpaired) electrons. The van der Waals surface area contributed by atoms with Crippen molar-refractivity contribution in [2.45, 2.75) is 51.5 Å². The minimum absolute atomic E-state index is 0.0284. The SMILES string of the molecule is N#Cc1ccc(CNC(=O)C2CCCCCCC2)c(F)c1. The van der Waals surface area contributed by atoms with Crippen molar-refractivity contribution in [3.05, 3.63) is 35.1 Å². The van der Waals surface area contributed by atoms with Crippen LogP contribution in [-0.2, 0) is 11.3 Å². The van der Waals surface area contributed by atoms with Crippen LogP contribution in [0.1, 0.15) is 56.1 Å². The summed E-state index contributed by atoms with van der Waals surface area (Å²) in [4.78, 5) is 12.2. The van der Waals surface area contributed by atoms with Gasteiger partial charge in [-0.1, -0.05) is 38.2 Å². The molecular weight excluding hydrogens is 267 g/mol.